The standard InChI is InChI=1S/C5H11NO5/c6-5(11)4(10)3(9)2(8)1-7/h2-3,5,7-9,11H,1,6H2. The predicted molar refractivity (Wildman–Crippen MR) is 34.3 cm³/mol. The fourth-order valence-electron chi connectivity index (χ4n) is 0.464. The van der Waals surface area contributed by atoms with Crippen LogP contribution in [-0.2, 0) is 4.79 Å². The minimum atomic E-state index is -1.83. The molecule has 0 rings (SSSR count). The van der Waals surface area contributed by atoms with Gasteiger partial charge in [0.15, 0.2) is 6.23 Å². The molecule has 11 heavy (non-hydrogen) atoms. The Morgan fingerprint density at radius 1 is 1.36 bits per heavy atom. The number of aliphatic hydroxyl groups excluding tert-OH is 4. The Hall–Kier alpha value is -0.530. The molecule has 0 aromatic carbocycles. The summed E-state index contributed by atoms with van der Waals surface area (Å²) in [5.74, 6) is -1.12. The van der Waals surface area contributed by atoms with E-state index < -0.39 is 30.8 Å². The highest BCUT2D eigenvalue weighted by Gasteiger charge is 2.26. The van der Waals surface area contributed by atoms with E-state index in [2.05, 4.69) is 5.73 Å². The zero-order valence-electron chi connectivity index (χ0n) is 5.71. The zero-order valence-corrected chi connectivity index (χ0v) is 5.71. The molecular weight excluding hydrogens is 154 g/mol. The van der Waals surface area contributed by atoms with Crippen molar-refractivity contribution in [3.63, 3.8) is 0 Å². The summed E-state index contributed by atoms with van der Waals surface area (Å²) in [4.78, 5) is 10.5. The Morgan fingerprint density at radius 2 is 1.82 bits per heavy atom. The first kappa shape index (κ1) is 10.5. The third kappa shape index (κ3) is 2.91. The number of hydrogen-bond donors (Lipinski definition) is 5. The van der Waals surface area contributed by atoms with Gasteiger partial charge in [-0.3, -0.25) is 10.5 Å². The molecule has 0 heterocycles. The van der Waals surface area contributed by atoms with E-state index in [9.17, 15) is 4.79 Å². The zero-order chi connectivity index (χ0) is 9.02. The molecular formula is C5H11NO5. The Balaban J connectivity index is 4.02. The van der Waals surface area contributed by atoms with E-state index in [-0.39, 0.29) is 0 Å². The van der Waals surface area contributed by atoms with Crippen LogP contribution in [0.25, 0.3) is 0 Å². The Bertz CT molecular complexity index is 137. The summed E-state index contributed by atoms with van der Waals surface area (Å²) >= 11 is 0. The number of rotatable bonds is 4. The highest BCUT2D eigenvalue weighted by atomic mass is 16.4. The lowest BCUT2D eigenvalue weighted by Crippen LogP contribution is -2.45. The second-order valence-electron chi connectivity index (χ2n) is 2.04. The Morgan fingerprint density at radius 3 is 2.09 bits per heavy atom. The average Bonchev–Trinajstić information content (AvgIpc) is 2.00. The molecule has 6 nitrogen and oxygen atoms in total. The highest BCUT2D eigenvalue weighted by Crippen LogP contribution is 1.95. The van der Waals surface area contributed by atoms with Gasteiger partial charge >= 0.3 is 0 Å². The first-order chi connectivity index (χ1) is 5.00. The predicted octanol–water partition coefficient (Wildman–Crippen LogP) is -3.45. The summed E-state index contributed by atoms with van der Waals surface area (Å²) in [6.45, 7) is -0.764. The summed E-state index contributed by atoms with van der Waals surface area (Å²) in [5, 5.41) is 34.1. The summed E-state index contributed by atoms with van der Waals surface area (Å²) in [6, 6.07) is 0. The van der Waals surface area contributed by atoms with Crippen molar-refractivity contribution in [3.8, 4) is 0 Å². The third-order valence-corrected chi connectivity index (χ3v) is 1.13. The molecule has 0 spiro atoms. The molecule has 0 aliphatic rings. The molecule has 3 atom stereocenters. The van der Waals surface area contributed by atoms with E-state index in [4.69, 9.17) is 20.4 Å². The highest BCUT2D eigenvalue weighted by molar-refractivity contribution is 5.86. The molecule has 0 amide bonds. The second kappa shape index (κ2) is 4.37. The molecule has 0 aromatic heterocycles. The SMILES string of the molecule is NC(O)C(=O)C(O)C(O)CO. The van der Waals surface area contributed by atoms with Gasteiger partial charge in [-0.05, 0) is 0 Å². The lowest BCUT2D eigenvalue weighted by molar-refractivity contribution is -0.142. The van der Waals surface area contributed by atoms with Crippen molar-refractivity contribution in [3.05, 3.63) is 0 Å². The van der Waals surface area contributed by atoms with Gasteiger partial charge in [-0.15, -0.1) is 0 Å². The van der Waals surface area contributed by atoms with E-state index in [1.807, 2.05) is 0 Å². The first-order valence-corrected chi connectivity index (χ1v) is 2.95. The van der Waals surface area contributed by atoms with Crippen molar-refractivity contribution < 1.29 is 25.2 Å². The molecule has 0 fully saturated rings. The fourth-order valence-corrected chi connectivity index (χ4v) is 0.464. The van der Waals surface area contributed by atoms with Crippen LogP contribution in [0.2, 0.25) is 0 Å². The number of nitrogens with two attached hydrogens (primary N) is 1. The second-order valence-corrected chi connectivity index (χ2v) is 2.04. The van der Waals surface area contributed by atoms with Crippen molar-refractivity contribution in [1.29, 1.82) is 0 Å². The third-order valence-electron chi connectivity index (χ3n) is 1.13. The van der Waals surface area contributed by atoms with Crippen molar-refractivity contribution in [1.82, 2.24) is 0 Å². The van der Waals surface area contributed by atoms with Crippen molar-refractivity contribution in [2.24, 2.45) is 5.73 Å². The van der Waals surface area contributed by atoms with Gasteiger partial charge in [0.25, 0.3) is 0 Å². The molecule has 0 saturated heterocycles. The minimum absolute atomic E-state index is 0.764. The summed E-state index contributed by atoms with van der Waals surface area (Å²) in [7, 11) is 0. The maximum atomic E-state index is 10.5. The molecule has 0 aliphatic heterocycles. The van der Waals surface area contributed by atoms with Gasteiger partial charge in [0.05, 0.1) is 6.61 Å². The minimum Gasteiger partial charge on any atom is -0.394 e. The number of carbonyl (C=O) groups is 1. The molecule has 0 saturated carbocycles. The number of aliphatic hydroxyl groups is 4. The van der Waals surface area contributed by atoms with Crippen molar-refractivity contribution >= 4 is 5.78 Å². The van der Waals surface area contributed by atoms with E-state index in [0.29, 0.717) is 0 Å². The van der Waals surface area contributed by atoms with Gasteiger partial charge in [0.2, 0.25) is 5.78 Å². The molecule has 3 unspecified atom stereocenters. The van der Waals surface area contributed by atoms with Gasteiger partial charge in [0, 0.05) is 0 Å². The lowest BCUT2D eigenvalue weighted by atomic mass is 10.1. The van der Waals surface area contributed by atoms with Gasteiger partial charge in [-0.2, -0.15) is 0 Å². The topological polar surface area (TPSA) is 124 Å². The largest absolute Gasteiger partial charge is 0.394 e. The molecule has 6 heteroatoms. The summed E-state index contributed by atoms with van der Waals surface area (Å²) < 4.78 is 0. The Kier molecular flexibility index (Phi) is 4.16. The van der Waals surface area contributed by atoms with Gasteiger partial charge in [-0.1, -0.05) is 0 Å². The van der Waals surface area contributed by atoms with Gasteiger partial charge in [0.1, 0.15) is 12.2 Å². The number of carbonyl (C=O) groups excluding carboxylic acids is 1. The number of Topliss-reactive ketones (excluding diaryl/α,β-unsaturated/α-hetero) is 1. The molecule has 0 aromatic rings. The summed E-state index contributed by atoms with van der Waals surface area (Å²) in [6.07, 6.45) is -5.26. The van der Waals surface area contributed by atoms with Crippen LogP contribution >= 0.6 is 0 Å². The van der Waals surface area contributed by atoms with Crippen LogP contribution in [0.4, 0.5) is 0 Å². The van der Waals surface area contributed by atoms with Crippen LogP contribution in [0, 0.1) is 0 Å². The fraction of sp³-hybridized carbons (Fsp3) is 0.800. The molecule has 0 aliphatic carbocycles. The van der Waals surface area contributed by atoms with E-state index in [1.54, 1.807) is 0 Å². The van der Waals surface area contributed by atoms with E-state index in [1.165, 1.54) is 0 Å². The molecule has 66 valence electrons. The quantitative estimate of drug-likeness (QED) is 0.276. The normalized spacial score (nSPS) is 19.0. The van der Waals surface area contributed by atoms with Crippen LogP contribution in [0.5, 0.6) is 0 Å². The molecule has 0 bridgehead atoms. The maximum Gasteiger partial charge on any atom is 0.206 e. The first-order valence-electron chi connectivity index (χ1n) is 2.95. The molecule has 0 radical (unpaired) electrons. The lowest BCUT2D eigenvalue weighted by Gasteiger charge is -2.14. The van der Waals surface area contributed by atoms with Crippen LogP contribution in [0.3, 0.4) is 0 Å². The van der Waals surface area contributed by atoms with Crippen LogP contribution in [-0.4, -0.2) is 51.3 Å². The maximum absolute atomic E-state index is 10.5. The monoisotopic (exact) mass is 165 g/mol. The molecule has 6 N–H and O–H groups in total. The van der Waals surface area contributed by atoms with Gasteiger partial charge < -0.3 is 20.4 Å². The van der Waals surface area contributed by atoms with E-state index in [0.717, 1.165) is 0 Å². The van der Waals surface area contributed by atoms with Crippen LogP contribution in [0.15, 0.2) is 0 Å². The Labute approximate surface area is 62.9 Å². The number of hydrogen-bond acceptors (Lipinski definition) is 6. The van der Waals surface area contributed by atoms with Crippen LogP contribution in [0.1, 0.15) is 0 Å². The van der Waals surface area contributed by atoms with E-state index >= 15 is 0 Å². The summed E-state index contributed by atoms with van der Waals surface area (Å²) in [5.41, 5.74) is 4.68. The van der Waals surface area contributed by atoms with Crippen molar-refractivity contribution in [2.45, 2.75) is 18.4 Å². The average molecular weight is 165 g/mol. The van der Waals surface area contributed by atoms with Crippen LogP contribution < -0.4 is 5.73 Å². The van der Waals surface area contributed by atoms with Crippen molar-refractivity contribution in [2.75, 3.05) is 6.61 Å². The van der Waals surface area contributed by atoms with Gasteiger partial charge in [-0.25, -0.2) is 0 Å². The number of ketones is 1. The smallest absolute Gasteiger partial charge is 0.206 e.